The first-order chi connectivity index (χ1) is 17.5. The quantitative estimate of drug-likeness (QED) is 0.360. The fraction of sp³-hybridized carbons (Fsp3) is 0.429. The van der Waals surface area contributed by atoms with E-state index in [1.54, 1.807) is 0 Å². The van der Waals surface area contributed by atoms with E-state index in [4.69, 9.17) is 10.1 Å². The number of hydrogen-bond acceptors (Lipinski definition) is 7. The normalized spacial score (nSPS) is 14.5. The predicted octanol–water partition coefficient (Wildman–Crippen LogP) is 4.34. The minimum Gasteiger partial charge on any atom is -0.369 e. The van der Waals surface area contributed by atoms with Gasteiger partial charge in [0.1, 0.15) is 5.82 Å². The molecule has 8 nitrogen and oxygen atoms in total. The molecule has 8 heteroatoms. The number of hydrogen-bond donors (Lipinski definition) is 2. The molecule has 4 aromatic rings. The van der Waals surface area contributed by atoms with E-state index in [1.165, 1.54) is 16.7 Å². The van der Waals surface area contributed by atoms with E-state index in [2.05, 4.69) is 77.5 Å². The van der Waals surface area contributed by atoms with Crippen molar-refractivity contribution < 1.29 is 0 Å². The maximum absolute atomic E-state index is 4.98. The summed E-state index contributed by atoms with van der Waals surface area (Å²) in [6, 6.07) is 11.1. The van der Waals surface area contributed by atoms with Gasteiger partial charge in [-0.15, -0.1) is 0 Å². The first kappa shape index (κ1) is 24.2. The van der Waals surface area contributed by atoms with Crippen molar-refractivity contribution in [2.24, 2.45) is 0 Å². The highest BCUT2D eigenvalue weighted by Gasteiger charge is 2.21. The Hall–Kier alpha value is -3.52. The molecule has 2 N–H and O–H groups in total. The Morgan fingerprint density at radius 1 is 1.00 bits per heavy atom. The van der Waals surface area contributed by atoms with E-state index in [0.29, 0.717) is 6.04 Å². The highest BCUT2D eigenvalue weighted by Crippen LogP contribution is 2.32. The van der Waals surface area contributed by atoms with E-state index in [-0.39, 0.29) is 0 Å². The molecule has 36 heavy (non-hydrogen) atoms. The van der Waals surface area contributed by atoms with E-state index in [0.717, 1.165) is 79.8 Å². The molecule has 1 fully saturated rings. The lowest BCUT2D eigenvalue weighted by molar-refractivity contribution is 0.418. The lowest BCUT2D eigenvalue weighted by Gasteiger charge is -2.32. The number of aryl methyl sites for hydroxylation is 4. The number of nitrogens with zero attached hydrogens (tertiary/aromatic N) is 6. The van der Waals surface area contributed by atoms with Crippen molar-refractivity contribution in [2.75, 3.05) is 36.4 Å². The zero-order valence-electron chi connectivity index (χ0n) is 21.8. The summed E-state index contributed by atoms with van der Waals surface area (Å²) < 4.78 is 1.97. The standard InChI is InChI=1S/C28H36N8/c1-5-22-18-25(30-14-13-29-23-9-15-35(16-10-23)28-31-11-6-12-32-28)36-27(33-22)26(21(4)34-36)24-8-7-19(2)17-20(24)3/h6-8,11-12,17-18,23,29-30H,5,9-10,13-16H2,1-4H3. The van der Waals surface area contributed by atoms with Crippen molar-refractivity contribution in [2.45, 2.75) is 53.0 Å². The second kappa shape index (κ2) is 10.6. The van der Waals surface area contributed by atoms with Crippen LogP contribution < -0.4 is 15.5 Å². The molecule has 0 atom stereocenters. The van der Waals surface area contributed by atoms with Gasteiger partial charge in [-0.3, -0.25) is 0 Å². The fourth-order valence-electron chi connectivity index (χ4n) is 5.10. The van der Waals surface area contributed by atoms with Crippen LogP contribution in [0, 0.1) is 20.8 Å². The number of anilines is 2. The Labute approximate surface area is 213 Å². The lowest BCUT2D eigenvalue weighted by atomic mass is 9.99. The minimum atomic E-state index is 0.512. The monoisotopic (exact) mass is 484 g/mol. The average Bonchev–Trinajstić information content (AvgIpc) is 3.23. The Balaban J connectivity index is 1.25. The molecule has 0 aliphatic carbocycles. The third-order valence-corrected chi connectivity index (χ3v) is 7.02. The molecule has 1 aromatic carbocycles. The molecule has 5 rings (SSSR count). The first-order valence-corrected chi connectivity index (χ1v) is 13.0. The van der Waals surface area contributed by atoms with Crippen molar-refractivity contribution in [1.29, 1.82) is 0 Å². The van der Waals surface area contributed by atoms with E-state index in [9.17, 15) is 0 Å². The maximum Gasteiger partial charge on any atom is 0.225 e. The second-order valence-electron chi connectivity index (χ2n) is 9.69. The number of fused-ring (bicyclic) bond motifs is 1. The molecule has 1 saturated heterocycles. The van der Waals surface area contributed by atoms with Crippen LogP contribution in [0.1, 0.15) is 42.3 Å². The molecule has 4 heterocycles. The molecule has 0 unspecified atom stereocenters. The average molecular weight is 485 g/mol. The summed E-state index contributed by atoms with van der Waals surface area (Å²) in [5, 5.41) is 12.2. The van der Waals surface area contributed by atoms with Gasteiger partial charge in [-0.25, -0.2) is 15.0 Å². The molecule has 1 aliphatic rings. The van der Waals surface area contributed by atoms with Crippen molar-refractivity contribution in [3.63, 3.8) is 0 Å². The van der Waals surface area contributed by atoms with Crippen molar-refractivity contribution >= 4 is 17.4 Å². The van der Waals surface area contributed by atoms with Crippen molar-refractivity contribution in [1.82, 2.24) is 29.9 Å². The van der Waals surface area contributed by atoms with Gasteiger partial charge in [0.2, 0.25) is 5.95 Å². The zero-order chi connectivity index (χ0) is 25.1. The number of rotatable bonds is 8. The largest absolute Gasteiger partial charge is 0.369 e. The third-order valence-electron chi connectivity index (χ3n) is 7.02. The number of aromatic nitrogens is 5. The van der Waals surface area contributed by atoms with Gasteiger partial charge >= 0.3 is 0 Å². The Morgan fingerprint density at radius 2 is 1.78 bits per heavy atom. The third kappa shape index (κ3) is 5.04. The van der Waals surface area contributed by atoms with Crippen LogP contribution in [0.2, 0.25) is 0 Å². The van der Waals surface area contributed by atoms with E-state index < -0.39 is 0 Å². The number of piperidine rings is 1. The zero-order valence-corrected chi connectivity index (χ0v) is 21.8. The molecule has 0 radical (unpaired) electrons. The topological polar surface area (TPSA) is 83.3 Å². The van der Waals surface area contributed by atoms with Crippen LogP contribution in [0.4, 0.5) is 11.8 Å². The molecule has 0 amide bonds. The summed E-state index contributed by atoms with van der Waals surface area (Å²) in [6.07, 6.45) is 6.68. The van der Waals surface area contributed by atoms with Crippen LogP contribution in [0.5, 0.6) is 0 Å². The molecular weight excluding hydrogens is 448 g/mol. The lowest BCUT2D eigenvalue weighted by Crippen LogP contribution is -2.44. The molecular formula is C28H36N8. The van der Waals surface area contributed by atoms with Gasteiger partial charge in [-0.05, 0) is 57.2 Å². The first-order valence-electron chi connectivity index (χ1n) is 13.0. The van der Waals surface area contributed by atoms with E-state index >= 15 is 0 Å². The summed E-state index contributed by atoms with van der Waals surface area (Å²) in [4.78, 5) is 16.0. The summed E-state index contributed by atoms with van der Waals surface area (Å²) in [7, 11) is 0. The van der Waals surface area contributed by atoms with Gasteiger partial charge in [-0.2, -0.15) is 9.61 Å². The Kier molecular flexibility index (Phi) is 7.13. The predicted molar refractivity (Wildman–Crippen MR) is 146 cm³/mol. The van der Waals surface area contributed by atoms with Gasteiger partial charge in [0.05, 0.1) is 5.69 Å². The fourth-order valence-corrected chi connectivity index (χ4v) is 5.10. The number of nitrogens with one attached hydrogen (secondary N) is 2. The Bertz CT molecular complexity index is 1320. The molecule has 3 aromatic heterocycles. The summed E-state index contributed by atoms with van der Waals surface area (Å²) in [6.45, 7) is 12.2. The van der Waals surface area contributed by atoms with Crippen LogP contribution >= 0.6 is 0 Å². The second-order valence-corrected chi connectivity index (χ2v) is 9.69. The van der Waals surface area contributed by atoms with Crippen LogP contribution in [0.25, 0.3) is 16.8 Å². The van der Waals surface area contributed by atoms with Crippen LogP contribution in [-0.2, 0) is 6.42 Å². The van der Waals surface area contributed by atoms with Crippen molar-refractivity contribution in [3.8, 4) is 11.1 Å². The van der Waals surface area contributed by atoms with E-state index in [1.807, 2.05) is 23.0 Å². The van der Waals surface area contributed by atoms with Gasteiger partial charge in [-0.1, -0.05) is 30.7 Å². The van der Waals surface area contributed by atoms with Crippen LogP contribution in [0.15, 0.2) is 42.7 Å². The summed E-state index contributed by atoms with van der Waals surface area (Å²) >= 11 is 0. The molecule has 0 bridgehead atoms. The highest BCUT2D eigenvalue weighted by atomic mass is 15.3. The number of benzene rings is 1. The van der Waals surface area contributed by atoms with Gasteiger partial charge < -0.3 is 15.5 Å². The van der Waals surface area contributed by atoms with Crippen LogP contribution in [0.3, 0.4) is 0 Å². The maximum atomic E-state index is 4.98. The SMILES string of the molecule is CCc1cc(NCCNC2CCN(c3ncccn3)CC2)n2nc(C)c(-c3ccc(C)cc3C)c2n1. The summed E-state index contributed by atoms with van der Waals surface area (Å²) in [5.74, 6) is 1.83. The van der Waals surface area contributed by atoms with Gasteiger partial charge in [0.15, 0.2) is 5.65 Å². The molecule has 0 spiro atoms. The molecule has 0 saturated carbocycles. The Morgan fingerprint density at radius 3 is 2.50 bits per heavy atom. The smallest absolute Gasteiger partial charge is 0.225 e. The molecule has 188 valence electrons. The van der Waals surface area contributed by atoms with Gasteiger partial charge in [0, 0.05) is 61.9 Å². The van der Waals surface area contributed by atoms with Crippen LogP contribution in [-0.4, -0.2) is 56.8 Å². The molecule has 1 aliphatic heterocycles. The van der Waals surface area contributed by atoms with Crippen molar-refractivity contribution in [3.05, 3.63) is 65.2 Å². The van der Waals surface area contributed by atoms with Gasteiger partial charge in [0.25, 0.3) is 0 Å². The highest BCUT2D eigenvalue weighted by molar-refractivity contribution is 5.83. The summed E-state index contributed by atoms with van der Waals surface area (Å²) in [5.41, 5.74) is 7.83. The minimum absolute atomic E-state index is 0.512.